The predicted molar refractivity (Wildman–Crippen MR) is 103 cm³/mol. The molecule has 0 amide bonds. The maximum absolute atomic E-state index is 10.4. The molecule has 2 aromatic carbocycles. The summed E-state index contributed by atoms with van der Waals surface area (Å²) in [4.78, 5) is 4.53. The van der Waals surface area contributed by atoms with Gasteiger partial charge in [-0.1, -0.05) is 31.2 Å². The van der Waals surface area contributed by atoms with E-state index in [-0.39, 0.29) is 13.2 Å². The maximum Gasteiger partial charge on any atom is 0.204 e. The zero-order valence-corrected chi connectivity index (χ0v) is 14.9. The molecule has 6 heteroatoms. The van der Waals surface area contributed by atoms with E-state index in [1.165, 1.54) is 5.56 Å². The van der Waals surface area contributed by atoms with Gasteiger partial charge in [0.1, 0.15) is 18.5 Å². The topological polar surface area (TPSA) is 79.5 Å². The van der Waals surface area contributed by atoms with Gasteiger partial charge in [-0.2, -0.15) is 0 Å². The fourth-order valence-corrected chi connectivity index (χ4v) is 2.84. The minimum atomic E-state index is -0.687. The van der Waals surface area contributed by atoms with Crippen molar-refractivity contribution in [2.24, 2.45) is 0 Å². The number of aryl methyl sites for hydroxylation is 1. The molecule has 0 aliphatic rings. The number of para-hydroxylation sites is 2. The SMILES string of the molecule is CCc1ccc(OCC(O)Cn2c(NCCO)nc3ccccc32)cc1. The molecule has 0 aliphatic carbocycles. The van der Waals surface area contributed by atoms with Gasteiger partial charge in [0, 0.05) is 6.54 Å². The van der Waals surface area contributed by atoms with E-state index in [1.807, 2.05) is 53.1 Å². The molecule has 0 saturated carbocycles. The first kappa shape index (κ1) is 18.2. The fourth-order valence-electron chi connectivity index (χ4n) is 2.84. The smallest absolute Gasteiger partial charge is 0.204 e. The molecule has 1 atom stereocenters. The molecular formula is C20H25N3O3. The van der Waals surface area contributed by atoms with Crippen molar-refractivity contribution in [3.63, 3.8) is 0 Å². The molecule has 6 nitrogen and oxygen atoms in total. The van der Waals surface area contributed by atoms with Gasteiger partial charge >= 0.3 is 0 Å². The second-order valence-corrected chi connectivity index (χ2v) is 6.15. The highest BCUT2D eigenvalue weighted by atomic mass is 16.5. The molecule has 0 bridgehead atoms. The van der Waals surface area contributed by atoms with Crippen LogP contribution in [-0.4, -0.2) is 45.6 Å². The Hall–Kier alpha value is -2.57. The number of nitrogens with one attached hydrogen (secondary N) is 1. The number of rotatable bonds is 9. The van der Waals surface area contributed by atoms with Crippen LogP contribution in [0.5, 0.6) is 5.75 Å². The van der Waals surface area contributed by atoms with Crippen LogP contribution < -0.4 is 10.1 Å². The summed E-state index contributed by atoms with van der Waals surface area (Å²) in [6.45, 7) is 3.07. The van der Waals surface area contributed by atoms with Crippen LogP contribution in [0.2, 0.25) is 0 Å². The van der Waals surface area contributed by atoms with Gasteiger partial charge in [-0.05, 0) is 36.2 Å². The third-order valence-electron chi connectivity index (χ3n) is 4.22. The van der Waals surface area contributed by atoms with Crippen molar-refractivity contribution in [3.8, 4) is 5.75 Å². The van der Waals surface area contributed by atoms with Crippen molar-refractivity contribution < 1.29 is 14.9 Å². The molecule has 0 fully saturated rings. The monoisotopic (exact) mass is 355 g/mol. The summed E-state index contributed by atoms with van der Waals surface area (Å²) in [6.07, 6.45) is 0.299. The Kier molecular flexibility index (Phi) is 6.09. The van der Waals surface area contributed by atoms with Gasteiger partial charge in [-0.25, -0.2) is 4.98 Å². The van der Waals surface area contributed by atoms with E-state index in [2.05, 4.69) is 17.2 Å². The van der Waals surface area contributed by atoms with Crippen LogP contribution >= 0.6 is 0 Å². The molecule has 1 unspecified atom stereocenters. The number of hydrogen-bond donors (Lipinski definition) is 3. The van der Waals surface area contributed by atoms with Crippen molar-refractivity contribution in [3.05, 3.63) is 54.1 Å². The lowest BCUT2D eigenvalue weighted by Crippen LogP contribution is -2.25. The van der Waals surface area contributed by atoms with E-state index < -0.39 is 6.10 Å². The standard InChI is InChI=1S/C20H25N3O3/c1-2-15-7-9-17(10-8-15)26-14-16(25)13-23-19-6-4-3-5-18(19)22-20(23)21-11-12-24/h3-10,16,24-25H,2,11-14H2,1H3,(H,21,22). The Morgan fingerprint density at radius 3 is 2.65 bits per heavy atom. The Morgan fingerprint density at radius 2 is 1.92 bits per heavy atom. The molecule has 0 spiro atoms. The molecule has 3 N–H and O–H groups in total. The first-order valence-corrected chi connectivity index (χ1v) is 8.91. The molecule has 1 heterocycles. The number of aromatic nitrogens is 2. The number of imidazole rings is 1. The molecule has 0 radical (unpaired) electrons. The number of nitrogens with zero attached hydrogens (tertiary/aromatic N) is 2. The van der Waals surface area contributed by atoms with Crippen molar-refractivity contribution >= 4 is 17.0 Å². The average molecular weight is 355 g/mol. The van der Waals surface area contributed by atoms with Gasteiger partial charge in [0.2, 0.25) is 5.95 Å². The third-order valence-corrected chi connectivity index (χ3v) is 4.22. The second-order valence-electron chi connectivity index (χ2n) is 6.15. The van der Waals surface area contributed by atoms with Gasteiger partial charge in [0.15, 0.2) is 0 Å². The fraction of sp³-hybridized carbons (Fsp3) is 0.350. The van der Waals surface area contributed by atoms with Crippen LogP contribution in [0.25, 0.3) is 11.0 Å². The van der Waals surface area contributed by atoms with E-state index in [1.54, 1.807) is 0 Å². The molecule has 0 saturated heterocycles. The van der Waals surface area contributed by atoms with Crippen LogP contribution in [0.15, 0.2) is 48.5 Å². The average Bonchev–Trinajstić information content (AvgIpc) is 3.02. The molecule has 0 aliphatic heterocycles. The summed E-state index contributed by atoms with van der Waals surface area (Å²) in [5, 5.41) is 22.6. The Bertz CT molecular complexity index is 830. The molecule has 26 heavy (non-hydrogen) atoms. The molecule has 3 aromatic rings. The van der Waals surface area contributed by atoms with Crippen molar-refractivity contribution in [2.75, 3.05) is 25.1 Å². The normalized spacial score (nSPS) is 12.3. The number of aliphatic hydroxyl groups excluding tert-OH is 2. The number of fused-ring (bicyclic) bond motifs is 1. The van der Waals surface area contributed by atoms with Gasteiger partial charge < -0.3 is 24.8 Å². The lowest BCUT2D eigenvalue weighted by atomic mass is 10.2. The second kappa shape index (κ2) is 8.69. The van der Waals surface area contributed by atoms with Crippen molar-refractivity contribution in [1.29, 1.82) is 0 Å². The minimum Gasteiger partial charge on any atom is -0.491 e. The summed E-state index contributed by atoms with van der Waals surface area (Å²) in [7, 11) is 0. The number of ether oxygens (including phenoxy) is 1. The quantitative estimate of drug-likeness (QED) is 0.549. The highest BCUT2D eigenvalue weighted by molar-refractivity contribution is 5.78. The van der Waals surface area contributed by atoms with E-state index in [0.29, 0.717) is 19.0 Å². The number of anilines is 1. The first-order chi connectivity index (χ1) is 12.7. The number of hydrogen-bond acceptors (Lipinski definition) is 5. The van der Waals surface area contributed by atoms with E-state index in [4.69, 9.17) is 9.84 Å². The van der Waals surface area contributed by atoms with Gasteiger partial charge in [-0.3, -0.25) is 0 Å². The Balaban J connectivity index is 1.68. The Morgan fingerprint density at radius 1 is 1.15 bits per heavy atom. The molecule has 1 aromatic heterocycles. The lowest BCUT2D eigenvalue weighted by Gasteiger charge is -2.16. The van der Waals surface area contributed by atoms with Crippen molar-refractivity contribution in [1.82, 2.24) is 9.55 Å². The maximum atomic E-state index is 10.4. The van der Waals surface area contributed by atoms with Gasteiger partial charge in [0.05, 0.1) is 24.2 Å². The van der Waals surface area contributed by atoms with Gasteiger partial charge in [-0.15, -0.1) is 0 Å². The molecular weight excluding hydrogens is 330 g/mol. The summed E-state index contributed by atoms with van der Waals surface area (Å²) < 4.78 is 7.62. The van der Waals surface area contributed by atoms with Crippen LogP contribution in [0, 0.1) is 0 Å². The van der Waals surface area contributed by atoms with E-state index in [9.17, 15) is 5.11 Å². The lowest BCUT2D eigenvalue weighted by molar-refractivity contribution is 0.0938. The van der Waals surface area contributed by atoms with Gasteiger partial charge in [0.25, 0.3) is 0 Å². The van der Waals surface area contributed by atoms with Crippen LogP contribution in [0.3, 0.4) is 0 Å². The third kappa shape index (κ3) is 4.33. The summed E-state index contributed by atoms with van der Waals surface area (Å²) >= 11 is 0. The van der Waals surface area contributed by atoms with E-state index >= 15 is 0 Å². The molecule has 3 rings (SSSR count). The van der Waals surface area contributed by atoms with E-state index in [0.717, 1.165) is 23.2 Å². The number of aliphatic hydroxyl groups is 2. The minimum absolute atomic E-state index is 0.0165. The van der Waals surface area contributed by atoms with Crippen LogP contribution in [0.1, 0.15) is 12.5 Å². The highest BCUT2D eigenvalue weighted by Crippen LogP contribution is 2.20. The Labute approximate surface area is 153 Å². The predicted octanol–water partition coefficient (Wildman–Crippen LogP) is 2.44. The van der Waals surface area contributed by atoms with Crippen molar-refractivity contribution in [2.45, 2.75) is 26.0 Å². The number of benzene rings is 2. The zero-order chi connectivity index (χ0) is 18.4. The van der Waals surface area contributed by atoms with Crippen LogP contribution in [0.4, 0.5) is 5.95 Å². The zero-order valence-electron chi connectivity index (χ0n) is 14.9. The first-order valence-electron chi connectivity index (χ1n) is 8.91. The summed E-state index contributed by atoms with van der Waals surface area (Å²) in [6, 6.07) is 15.7. The molecule has 138 valence electrons. The van der Waals surface area contributed by atoms with Crippen LogP contribution in [-0.2, 0) is 13.0 Å². The summed E-state index contributed by atoms with van der Waals surface area (Å²) in [5.74, 6) is 1.38. The summed E-state index contributed by atoms with van der Waals surface area (Å²) in [5.41, 5.74) is 3.03. The largest absolute Gasteiger partial charge is 0.491 e. The highest BCUT2D eigenvalue weighted by Gasteiger charge is 2.14.